The first kappa shape index (κ1) is 17.4. The van der Waals surface area contributed by atoms with Crippen LogP contribution in [0.15, 0.2) is 0 Å². The highest BCUT2D eigenvalue weighted by molar-refractivity contribution is 5.78. The Labute approximate surface area is 123 Å². The van der Waals surface area contributed by atoms with Gasteiger partial charge in [-0.1, -0.05) is 6.92 Å². The summed E-state index contributed by atoms with van der Waals surface area (Å²) in [6.45, 7) is 10.5. The molecule has 5 nitrogen and oxygen atoms in total. The molecular formula is C15H31N3O2. The number of piperidine rings is 1. The predicted octanol–water partition coefficient (Wildman–Crippen LogP) is 0.848. The van der Waals surface area contributed by atoms with Gasteiger partial charge in [0.2, 0.25) is 5.91 Å². The second kappa shape index (κ2) is 9.32. The minimum Gasteiger partial charge on any atom is -0.383 e. The fraction of sp³-hybridized carbons (Fsp3) is 0.933. The van der Waals surface area contributed by atoms with E-state index in [0.29, 0.717) is 19.2 Å². The van der Waals surface area contributed by atoms with Crippen LogP contribution < -0.4 is 10.6 Å². The highest BCUT2D eigenvalue weighted by Crippen LogP contribution is 2.20. The van der Waals surface area contributed by atoms with Gasteiger partial charge in [0, 0.05) is 19.2 Å². The van der Waals surface area contributed by atoms with Crippen LogP contribution in [0.3, 0.4) is 0 Å². The van der Waals surface area contributed by atoms with E-state index in [4.69, 9.17) is 4.74 Å². The van der Waals surface area contributed by atoms with Gasteiger partial charge in [0.05, 0.1) is 13.2 Å². The minimum atomic E-state index is 0.0822. The van der Waals surface area contributed by atoms with Crippen LogP contribution in [-0.2, 0) is 9.53 Å². The van der Waals surface area contributed by atoms with Gasteiger partial charge < -0.3 is 15.4 Å². The fourth-order valence-corrected chi connectivity index (χ4v) is 2.91. The number of hydrogen-bond donors (Lipinski definition) is 2. The summed E-state index contributed by atoms with van der Waals surface area (Å²) in [6.07, 6.45) is 2.35. The third-order valence-corrected chi connectivity index (χ3v) is 4.06. The van der Waals surface area contributed by atoms with Gasteiger partial charge in [0.1, 0.15) is 0 Å². The molecular weight excluding hydrogens is 254 g/mol. The van der Waals surface area contributed by atoms with Crippen LogP contribution >= 0.6 is 0 Å². The number of methoxy groups -OCH3 is 1. The van der Waals surface area contributed by atoms with Crippen molar-refractivity contribution in [2.24, 2.45) is 5.92 Å². The molecule has 0 aromatic rings. The van der Waals surface area contributed by atoms with E-state index in [1.165, 1.54) is 12.8 Å². The van der Waals surface area contributed by atoms with Crippen molar-refractivity contribution in [3.63, 3.8) is 0 Å². The molecule has 0 aromatic heterocycles. The highest BCUT2D eigenvalue weighted by Gasteiger charge is 2.24. The smallest absolute Gasteiger partial charge is 0.234 e. The Bertz CT molecular complexity index is 278. The molecule has 1 rings (SSSR count). The van der Waals surface area contributed by atoms with E-state index in [2.05, 4.69) is 29.4 Å². The summed E-state index contributed by atoms with van der Waals surface area (Å²) in [4.78, 5) is 14.1. The average molecular weight is 285 g/mol. The topological polar surface area (TPSA) is 53.6 Å². The van der Waals surface area contributed by atoms with E-state index >= 15 is 0 Å². The maximum Gasteiger partial charge on any atom is 0.234 e. The third-order valence-electron chi connectivity index (χ3n) is 4.06. The summed E-state index contributed by atoms with van der Waals surface area (Å²) in [5.41, 5.74) is 0. The molecule has 2 N–H and O–H groups in total. The molecule has 1 fully saturated rings. The zero-order chi connectivity index (χ0) is 15.0. The molecule has 1 saturated heterocycles. The van der Waals surface area contributed by atoms with E-state index in [1.807, 2.05) is 6.92 Å². The predicted molar refractivity (Wildman–Crippen MR) is 81.8 cm³/mol. The summed E-state index contributed by atoms with van der Waals surface area (Å²) < 4.78 is 5.02. The number of nitrogens with one attached hydrogen (secondary N) is 2. The van der Waals surface area contributed by atoms with Crippen molar-refractivity contribution in [3.8, 4) is 0 Å². The first-order chi connectivity index (χ1) is 9.56. The van der Waals surface area contributed by atoms with Gasteiger partial charge >= 0.3 is 0 Å². The monoisotopic (exact) mass is 285 g/mol. The summed E-state index contributed by atoms with van der Waals surface area (Å²) in [6, 6.07) is 0.663. The van der Waals surface area contributed by atoms with Gasteiger partial charge in [-0.05, 0) is 52.2 Å². The van der Waals surface area contributed by atoms with Gasteiger partial charge in [-0.3, -0.25) is 9.69 Å². The quantitative estimate of drug-likeness (QED) is 0.694. The number of amides is 1. The van der Waals surface area contributed by atoms with E-state index in [0.717, 1.165) is 25.6 Å². The van der Waals surface area contributed by atoms with Gasteiger partial charge in [0.15, 0.2) is 0 Å². The largest absolute Gasteiger partial charge is 0.383 e. The molecule has 1 heterocycles. The number of rotatable bonds is 8. The van der Waals surface area contributed by atoms with Crippen LogP contribution in [0.25, 0.3) is 0 Å². The Hall–Kier alpha value is -0.650. The van der Waals surface area contributed by atoms with Gasteiger partial charge in [-0.25, -0.2) is 0 Å². The van der Waals surface area contributed by atoms with Crippen molar-refractivity contribution in [1.82, 2.24) is 15.5 Å². The van der Waals surface area contributed by atoms with Gasteiger partial charge in [-0.2, -0.15) is 0 Å². The molecule has 0 aliphatic carbocycles. The number of likely N-dealkylation sites (tertiary alicyclic amines) is 1. The van der Waals surface area contributed by atoms with E-state index in [9.17, 15) is 4.79 Å². The Morgan fingerprint density at radius 2 is 2.00 bits per heavy atom. The summed E-state index contributed by atoms with van der Waals surface area (Å²) in [5.74, 6) is 0.842. The van der Waals surface area contributed by atoms with Crippen molar-refractivity contribution in [3.05, 3.63) is 0 Å². The van der Waals surface area contributed by atoms with Crippen molar-refractivity contribution in [1.29, 1.82) is 0 Å². The van der Waals surface area contributed by atoms with E-state index in [-0.39, 0.29) is 11.9 Å². The van der Waals surface area contributed by atoms with Crippen LogP contribution in [-0.4, -0.2) is 62.8 Å². The molecule has 118 valence electrons. The first-order valence-corrected chi connectivity index (χ1v) is 7.80. The van der Waals surface area contributed by atoms with E-state index in [1.54, 1.807) is 7.11 Å². The molecule has 2 atom stereocenters. The van der Waals surface area contributed by atoms with Gasteiger partial charge in [-0.15, -0.1) is 0 Å². The zero-order valence-corrected chi connectivity index (χ0v) is 13.4. The standard InChI is InChI=1S/C15H31N3O2/c1-5-16-13(3)14-6-8-18(9-7-14)10-15(19)17-12(2)11-20-4/h12-14,16H,5-11H2,1-4H3,(H,17,19). The lowest BCUT2D eigenvalue weighted by Gasteiger charge is -2.34. The Kier molecular flexibility index (Phi) is 8.11. The number of carbonyl (C=O) groups excluding carboxylic acids is 1. The summed E-state index contributed by atoms with van der Waals surface area (Å²) in [5, 5.41) is 6.46. The van der Waals surface area contributed by atoms with Crippen LogP contribution in [0.4, 0.5) is 0 Å². The van der Waals surface area contributed by atoms with Crippen molar-refractivity contribution < 1.29 is 9.53 Å². The van der Waals surface area contributed by atoms with Crippen LogP contribution in [0.5, 0.6) is 0 Å². The molecule has 2 unspecified atom stereocenters. The lowest BCUT2D eigenvalue weighted by molar-refractivity contribution is -0.123. The fourth-order valence-electron chi connectivity index (χ4n) is 2.91. The molecule has 1 amide bonds. The van der Waals surface area contributed by atoms with Crippen molar-refractivity contribution in [2.75, 3.05) is 39.9 Å². The Morgan fingerprint density at radius 1 is 1.35 bits per heavy atom. The lowest BCUT2D eigenvalue weighted by atomic mass is 9.90. The molecule has 20 heavy (non-hydrogen) atoms. The first-order valence-electron chi connectivity index (χ1n) is 7.80. The Morgan fingerprint density at radius 3 is 2.55 bits per heavy atom. The molecule has 1 aliphatic rings. The Balaban J connectivity index is 2.23. The molecule has 0 aromatic carbocycles. The number of ether oxygens (including phenoxy) is 1. The van der Waals surface area contributed by atoms with Gasteiger partial charge in [0.25, 0.3) is 0 Å². The number of carbonyl (C=O) groups is 1. The maximum absolute atomic E-state index is 11.9. The molecule has 0 spiro atoms. The van der Waals surface area contributed by atoms with Crippen LogP contribution in [0, 0.1) is 5.92 Å². The highest BCUT2D eigenvalue weighted by atomic mass is 16.5. The summed E-state index contributed by atoms with van der Waals surface area (Å²) >= 11 is 0. The van der Waals surface area contributed by atoms with Crippen molar-refractivity contribution >= 4 is 5.91 Å². The second-order valence-electron chi connectivity index (χ2n) is 5.88. The van der Waals surface area contributed by atoms with E-state index < -0.39 is 0 Å². The molecule has 0 radical (unpaired) electrons. The lowest BCUT2D eigenvalue weighted by Crippen LogP contribution is -2.47. The average Bonchev–Trinajstić information content (AvgIpc) is 2.39. The summed E-state index contributed by atoms with van der Waals surface area (Å²) in [7, 11) is 1.65. The normalized spacial score (nSPS) is 20.6. The zero-order valence-electron chi connectivity index (χ0n) is 13.4. The number of nitrogens with zero attached hydrogens (tertiary/aromatic N) is 1. The molecule has 5 heteroatoms. The van der Waals surface area contributed by atoms with Crippen molar-refractivity contribution in [2.45, 2.75) is 45.7 Å². The maximum atomic E-state index is 11.9. The third kappa shape index (κ3) is 6.20. The molecule has 0 bridgehead atoms. The second-order valence-corrected chi connectivity index (χ2v) is 5.88. The molecule has 0 saturated carbocycles. The van der Waals surface area contributed by atoms with Crippen LogP contribution in [0.2, 0.25) is 0 Å². The number of hydrogen-bond acceptors (Lipinski definition) is 4. The minimum absolute atomic E-state index is 0.0822. The SMILES string of the molecule is CCNC(C)C1CCN(CC(=O)NC(C)COC)CC1. The van der Waals surface area contributed by atoms with Crippen LogP contribution in [0.1, 0.15) is 33.6 Å². The molecule has 1 aliphatic heterocycles.